The normalized spacial score (nSPS) is 39.7. The summed E-state index contributed by atoms with van der Waals surface area (Å²) in [6.07, 6.45) is 11.9. The predicted molar refractivity (Wildman–Crippen MR) is 76.6 cm³/mol. The largest absolute Gasteiger partial charge is 0.342 e. The van der Waals surface area contributed by atoms with Gasteiger partial charge in [-0.3, -0.25) is 4.79 Å². The number of hydrogen-bond donors (Lipinski definition) is 1. The van der Waals surface area contributed by atoms with E-state index in [2.05, 4.69) is 4.90 Å². The third kappa shape index (κ3) is 2.42. The van der Waals surface area contributed by atoms with Crippen LogP contribution in [0, 0.1) is 11.3 Å². The Bertz CT molecular complexity index is 336. The summed E-state index contributed by atoms with van der Waals surface area (Å²) < 4.78 is 0. The first-order valence-corrected chi connectivity index (χ1v) is 8.27. The number of hydrogen-bond acceptors (Lipinski definition) is 2. The van der Waals surface area contributed by atoms with Gasteiger partial charge >= 0.3 is 0 Å². The minimum absolute atomic E-state index is 0.0569. The van der Waals surface area contributed by atoms with Crippen molar-refractivity contribution in [1.82, 2.24) is 4.90 Å². The predicted octanol–water partition coefficient (Wildman–Crippen LogP) is 2.69. The highest BCUT2D eigenvalue weighted by Crippen LogP contribution is 2.54. The molecule has 1 aliphatic heterocycles. The van der Waals surface area contributed by atoms with Crippen LogP contribution < -0.4 is 5.73 Å². The maximum atomic E-state index is 13.1. The van der Waals surface area contributed by atoms with Crippen molar-refractivity contribution in [3.63, 3.8) is 0 Å². The van der Waals surface area contributed by atoms with Crippen molar-refractivity contribution in [2.45, 2.75) is 70.3 Å². The summed E-state index contributed by atoms with van der Waals surface area (Å²) >= 11 is 0. The van der Waals surface area contributed by atoms with Gasteiger partial charge in [0.1, 0.15) is 0 Å². The molecule has 0 aromatic carbocycles. The smallest absolute Gasteiger partial charge is 0.229 e. The molecule has 0 spiro atoms. The van der Waals surface area contributed by atoms with Gasteiger partial charge in [0.2, 0.25) is 5.91 Å². The first kappa shape index (κ1) is 13.4. The highest BCUT2D eigenvalue weighted by Gasteiger charge is 2.55. The SMILES string of the molecule is NC1CC2CCCC2(C(=O)N2CCCCCCC2)C1. The van der Waals surface area contributed by atoms with E-state index in [0.717, 1.165) is 32.4 Å². The van der Waals surface area contributed by atoms with Crippen LogP contribution in [0.5, 0.6) is 0 Å². The quantitative estimate of drug-likeness (QED) is 0.791. The van der Waals surface area contributed by atoms with Crippen molar-refractivity contribution < 1.29 is 4.79 Å². The minimum atomic E-state index is -0.0569. The maximum Gasteiger partial charge on any atom is 0.229 e. The van der Waals surface area contributed by atoms with Gasteiger partial charge in [0.15, 0.2) is 0 Å². The Morgan fingerprint density at radius 1 is 1.05 bits per heavy atom. The Labute approximate surface area is 116 Å². The molecule has 1 heterocycles. The zero-order chi connectivity index (χ0) is 13.3. The highest BCUT2D eigenvalue weighted by molar-refractivity contribution is 5.84. The molecule has 3 heteroatoms. The van der Waals surface area contributed by atoms with Gasteiger partial charge in [0.25, 0.3) is 0 Å². The van der Waals surface area contributed by atoms with E-state index in [0.29, 0.717) is 11.8 Å². The number of likely N-dealkylation sites (tertiary alicyclic amines) is 1. The van der Waals surface area contributed by atoms with Gasteiger partial charge in [-0.1, -0.05) is 25.7 Å². The Hall–Kier alpha value is -0.570. The Morgan fingerprint density at radius 3 is 2.47 bits per heavy atom. The Balaban J connectivity index is 1.74. The topological polar surface area (TPSA) is 46.3 Å². The zero-order valence-electron chi connectivity index (χ0n) is 12.1. The third-order valence-electron chi connectivity index (χ3n) is 5.74. The molecule has 0 aromatic heterocycles. The van der Waals surface area contributed by atoms with E-state index in [-0.39, 0.29) is 11.5 Å². The van der Waals surface area contributed by atoms with Crippen molar-refractivity contribution in [3.05, 3.63) is 0 Å². The molecule has 3 rings (SSSR count). The van der Waals surface area contributed by atoms with Crippen LogP contribution in [0.1, 0.15) is 64.2 Å². The fourth-order valence-electron chi connectivity index (χ4n) is 4.81. The second-order valence-electron chi connectivity index (χ2n) is 7.01. The van der Waals surface area contributed by atoms with Gasteiger partial charge in [-0.05, 0) is 44.4 Å². The summed E-state index contributed by atoms with van der Waals surface area (Å²) in [6, 6.07) is 0.268. The molecule has 1 amide bonds. The van der Waals surface area contributed by atoms with Crippen LogP contribution >= 0.6 is 0 Å². The Morgan fingerprint density at radius 2 is 1.74 bits per heavy atom. The average Bonchev–Trinajstić information content (AvgIpc) is 2.84. The second-order valence-corrected chi connectivity index (χ2v) is 7.01. The summed E-state index contributed by atoms with van der Waals surface area (Å²) in [6.45, 7) is 1.98. The van der Waals surface area contributed by atoms with Crippen LogP contribution in [-0.2, 0) is 4.79 Å². The van der Waals surface area contributed by atoms with Crippen molar-refractivity contribution in [1.29, 1.82) is 0 Å². The molecule has 3 unspecified atom stereocenters. The molecular weight excluding hydrogens is 236 g/mol. The number of fused-ring (bicyclic) bond motifs is 1. The van der Waals surface area contributed by atoms with Gasteiger partial charge in [0, 0.05) is 19.1 Å². The first-order valence-electron chi connectivity index (χ1n) is 8.27. The first-order chi connectivity index (χ1) is 9.22. The van der Waals surface area contributed by atoms with Crippen LogP contribution in [0.25, 0.3) is 0 Å². The van der Waals surface area contributed by atoms with E-state index < -0.39 is 0 Å². The minimum Gasteiger partial charge on any atom is -0.342 e. The number of nitrogens with zero attached hydrogens (tertiary/aromatic N) is 1. The van der Waals surface area contributed by atoms with E-state index in [1.165, 1.54) is 44.9 Å². The average molecular weight is 264 g/mol. The van der Waals surface area contributed by atoms with Crippen molar-refractivity contribution >= 4 is 5.91 Å². The van der Waals surface area contributed by atoms with Crippen LogP contribution in [0.4, 0.5) is 0 Å². The van der Waals surface area contributed by atoms with Crippen LogP contribution in [0.2, 0.25) is 0 Å². The number of nitrogens with two attached hydrogens (primary N) is 1. The highest BCUT2D eigenvalue weighted by atomic mass is 16.2. The van der Waals surface area contributed by atoms with Crippen molar-refractivity contribution in [3.8, 4) is 0 Å². The van der Waals surface area contributed by atoms with Crippen molar-refractivity contribution in [2.24, 2.45) is 17.1 Å². The standard InChI is InChI=1S/C16H28N2O/c17-14-11-13-7-6-8-16(13,12-14)15(19)18-9-4-2-1-3-5-10-18/h13-14H,1-12,17H2. The lowest BCUT2D eigenvalue weighted by atomic mass is 9.78. The van der Waals surface area contributed by atoms with E-state index in [1.807, 2.05) is 0 Å². The monoisotopic (exact) mass is 264 g/mol. The van der Waals surface area contributed by atoms with Crippen LogP contribution in [0.3, 0.4) is 0 Å². The molecule has 2 saturated carbocycles. The fraction of sp³-hybridized carbons (Fsp3) is 0.938. The van der Waals surface area contributed by atoms with Crippen molar-refractivity contribution in [2.75, 3.05) is 13.1 Å². The van der Waals surface area contributed by atoms with E-state index >= 15 is 0 Å². The van der Waals surface area contributed by atoms with Crippen LogP contribution in [-0.4, -0.2) is 29.9 Å². The fourth-order valence-corrected chi connectivity index (χ4v) is 4.81. The van der Waals surface area contributed by atoms with Gasteiger partial charge < -0.3 is 10.6 Å². The van der Waals surface area contributed by atoms with Gasteiger partial charge in [-0.2, -0.15) is 0 Å². The molecule has 0 radical (unpaired) electrons. The van der Waals surface area contributed by atoms with Gasteiger partial charge in [0.05, 0.1) is 5.41 Å². The summed E-state index contributed by atoms with van der Waals surface area (Å²) in [5, 5.41) is 0. The molecule has 108 valence electrons. The zero-order valence-corrected chi connectivity index (χ0v) is 12.1. The molecular formula is C16H28N2O. The molecule has 2 N–H and O–H groups in total. The third-order valence-corrected chi connectivity index (χ3v) is 5.74. The van der Waals surface area contributed by atoms with E-state index in [1.54, 1.807) is 0 Å². The lowest BCUT2D eigenvalue weighted by molar-refractivity contribution is -0.143. The second kappa shape index (κ2) is 5.43. The lowest BCUT2D eigenvalue weighted by Crippen LogP contribution is -2.45. The number of carbonyl (C=O) groups excluding carboxylic acids is 1. The molecule has 1 saturated heterocycles. The summed E-state index contributed by atoms with van der Waals surface area (Å²) in [7, 11) is 0. The number of amides is 1. The van der Waals surface area contributed by atoms with Crippen LogP contribution in [0.15, 0.2) is 0 Å². The summed E-state index contributed by atoms with van der Waals surface area (Å²) in [4.78, 5) is 15.3. The Kier molecular flexibility index (Phi) is 3.84. The molecule has 19 heavy (non-hydrogen) atoms. The number of carbonyl (C=O) groups is 1. The van der Waals surface area contributed by atoms with Gasteiger partial charge in [-0.25, -0.2) is 0 Å². The molecule has 2 aliphatic carbocycles. The lowest BCUT2D eigenvalue weighted by Gasteiger charge is -2.35. The molecule has 3 atom stereocenters. The maximum absolute atomic E-state index is 13.1. The molecule has 3 aliphatic rings. The molecule has 0 bridgehead atoms. The van der Waals surface area contributed by atoms with E-state index in [9.17, 15) is 4.79 Å². The number of rotatable bonds is 1. The molecule has 3 fully saturated rings. The van der Waals surface area contributed by atoms with E-state index in [4.69, 9.17) is 5.73 Å². The summed E-state index contributed by atoms with van der Waals surface area (Å²) in [5.41, 5.74) is 6.11. The molecule has 0 aromatic rings. The molecule has 3 nitrogen and oxygen atoms in total. The van der Waals surface area contributed by atoms with Gasteiger partial charge in [-0.15, -0.1) is 0 Å². The summed E-state index contributed by atoms with van der Waals surface area (Å²) in [5.74, 6) is 1.05.